The molecule has 0 aliphatic carbocycles. The van der Waals surface area contributed by atoms with Crippen molar-refractivity contribution in [3.05, 3.63) is 64.7 Å². The van der Waals surface area contributed by atoms with Crippen LogP contribution in [0.5, 0.6) is 5.75 Å². The van der Waals surface area contributed by atoms with Gasteiger partial charge in [0.05, 0.1) is 5.75 Å². The van der Waals surface area contributed by atoms with E-state index in [2.05, 4.69) is 15.5 Å². The number of aromatic nitrogens is 3. The SMILES string of the molecule is Cc1ccc(NC(=O)CSc2nnc(C(C)Oc3ccc(F)cc3)n2C(C)C)cc1Cl. The molecule has 1 heterocycles. The Morgan fingerprint density at radius 1 is 1.19 bits per heavy atom. The first-order valence-electron chi connectivity index (χ1n) is 9.80. The zero-order valence-electron chi connectivity index (χ0n) is 17.7. The van der Waals surface area contributed by atoms with Crippen molar-refractivity contribution in [2.75, 3.05) is 11.1 Å². The zero-order valence-corrected chi connectivity index (χ0v) is 19.3. The lowest BCUT2D eigenvalue weighted by Gasteiger charge is -2.18. The Hall–Kier alpha value is -2.58. The minimum atomic E-state index is -0.404. The van der Waals surface area contributed by atoms with E-state index in [9.17, 15) is 9.18 Å². The first-order valence-corrected chi connectivity index (χ1v) is 11.2. The smallest absolute Gasteiger partial charge is 0.234 e. The summed E-state index contributed by atoms with van der Waals surface area (Å²) in [6.07, 6.45) is -0.404. The lowest BCUT2D eigenvalue weighted by atomic mass is 10.2. The van der Waals surface area contributed by atoms with Crippen LogP contribution in [0.1, 0.15) is 44.3 Å². The maximum atomic E-state index is 13.1. The number of ether oxygens (including phenoxy) is 1. The number of nitrogens with zero attached hydrogens (tertiary/aromatic N) is 3. The normalized spacial score (nSPS) is 12.1. The van der Waals surface area contributed by atoms with Crippen LogP contribution < -0.4 is 10.1 Å². The fourth-order valence-corrected chi connectivity index (χ4v) is 3.97. The van der Waals surface area contributed by atoms with Crippen molar-refractivity contribution in [2.24, 2.45) is 0 Å². The van der Waals surface area contributed by atoms with Crippen molar-refractivity contribution in [2.45, 2.75) is 45.0 Å². The minimum absolute atomic E-state index is 0.0609. The number of thioether (sulfide) groups is 1. The summed E-state index contributed by atoms with van der Waals surface area (Å²) in [7, 11) is 0. The third-order valence-corrected chi connectivity index (χ3v) is 5.84. The number of benzene rings is 2. The highest BCUT2D eigenvalue weighted by Gasteiger charge is 2.22. The van der Waals surface area contributed by atoms with Crippen LogP contribution in [0.2, 0.25) is 5.02 Å². The van der Waals surface area contributed by atoms with Crippen molar-refractivity contribution >= 4 is 35.0 Å². The van der Waals surface area contributed by atoms with Gasteiger partial charge in [0.2, 0.25) is 5.91 Å². The maximum absolute atomic E-state index is 13.1. The topological polar surface area (TPSA) is 69.0 Å². The molecular weight excluding hydrogens is 439 g/mol. The first-order chi connectivity index (χ1) is 14.7. The summed E-state index contributed by atoms with van der Waals surface area (Å²) in [5.41, 5.74) is 1.59. The van der Waals surface area contributed by atoms with E-state index >= 15 is 0 Å². The van der Waals surface area contributed by atoms with Crippen LogP contribution >= 0.6 is 23.4 Å². The van der Waals surface area contributed by atoms with Gasteiger partial charge in [-0.25, -0.2) is 4.39 Å². The molecule has 0 aliphatic rings. The van der Waals surface area contributed by atoms with E-state index < -0.39 is 6.10 Å². The van der Waals surface area contributed by atoms with Gasteiger partial charge in [-0.2, -0.15) is 0 Å². The van der Waals surface area contributed by atoms with Gasteiger partial charge in [0, 0.05) is 16.8 Å². The molecule has 0 spiro atoms. The molecule has 1 amide bonds. The number of nitrogens with one attached hydrogen (secondary N) is 1. The number of halogens is 2. The first kappa shape index (κ1) is 23.1. The lowest BCUT2D eigenvalue weighted by Crippen LogP contribution is -2.16. The van der Waals surface area contributed by atoms with Crippen molar-refractivity contribution < 1.29 is 13.9 Å². The Morgan fingerprint density at radius 3 is 2.55 bits per heavy atom. The van der Waals surface area contributed by atoms with Gasteiger partial charge < -0.3 is 14.6 Å². The quantitative estimate of drug-likeness (QED) is 0.426. The lowest BCUT2D eigenvalue weighted by molar-refractivity contribution is -0.113. The van der Waals surface area contributed by atoms with E-state index in [4.69, 9.17) is 16.3 Å². The Kier molecular flexibility index (Phi) is 7.56. The fraction of sp³-hybridized carbons (Fsp3) is 0.318. The summed E-state index contributed by atoms with van der Waals surface area (Å²) < 4.78 is 21.0. The van der Waals surface area contributed by atoms with Crippen LogP contribution in [-0.2, 0) is 4.79 Å². The fourth-order valence-electron chi connectivity index (χ4n) is 2.92. The molecule has 0 aliphatic heterocycles. The van der Waals surface area contributed by atoms with Crippen LogP contribution in [0, 0.1) is 12.7 Å². The molecule has 0 saturated carbocycles. The summed E-state index contributed by atoms with van der Waals surface area (Å²) in [5, 5.41) is 12.6. The highest BCUT2D eigenvalue weighted by atomic mass is 35.5. The monoisotopic (exact) mass is 462 g/mol. The number of hydrogen-bond donors (Lipinski definition) is 1. The van der Waals surface area contributed by atoms with Crippen LogP contribution in [0.25, 0.3) is 0 Å². The van der Waals surface area contributed by atoms with Gasteiger partial charge in [-0.15, -0.1) is 10.2 Å². The number of amides is 1. The van der Waals surface area contributed by atoms with E-state index in [1.54, 1.807) is 18.2 Å². The van der Waals surface area contributed by atoms with E-state index in [-0.39, 0.29) is 23.5 Å². The Balaban J connectivity index is 1.67. The van der Waals surface area contributed by atoms with Crippen molar-refractivity contribution in [1.29, 1.82) is 0 Å². The number of aryl methyl sites for hydroxylation is 1. The highest BCUT2D eigenvalue weighted by Crippen LogP contribution is 2.28. The second-order valence-corrected chi connectivity index (χ2v) is 8.67. The van der Waals surface area contributed by atoms with Crippen LogP contribution in [-0.4, -0.2) is 26.4 Å². The molecule has 9 heteroatoms. The number of hydrogen-bond acceptors (Lipinski definition) is 5. The number of carbonyl (C=O) groups is 1. The van der Waals surface area contributed by atoms with Gasteiger partial charge >= 0.3 is 0 Å². The third kappa shape index (κ3) is 5.98. The summed E-state index contributed by atoms with van der Waals surface area (Å²) in [4.78, 5) is 12.4. The Bertz CT molecular complexity index is 1060. The van der Waals surface area contributed by atoms with E-state index in [0.717, 1.165) is 5.56 Å². The predicted molar refractivity (Wildman–Crippen MR) is 121 cm³/mol. The van der Waals surface area contributed by atoms with Gasteiger partial charge in [-0.05, 0) is 69.7 Å². The van der Waals surface area contributed by atoms with E-state index in [1.165, 1.54) is 23.9 Å². The van der Waals surface area contributed by atoms with E-state index in [0.29, 0.717) is 27.4 Å². The van der Waals surface area contributed by atoms with Crippen molar-refractivity contribution in [3.8, 4) is 5.75 Å². The van der Waals surface area contributed by atoms with Gasteiger partial charge in [0.1, 0.15) is 11.6 Å². The van der Waals surface area contributed by atoms with Gasteiger partial charge in [0.25, 0.3) is 0 Å². The molecule has 0 fully saturated rings. The van der Waals surface area contributed by atoms with Crippen LogP contribution in [0.3, 0.4) is 0 Å². The molecule has 2 aromatic carbocycles. The molecule has 1 atom stereocenters. The van der Waals surface area contributed by atoms with Gasteiger partial charge in [-0.3, -0.25) is 4.79 Å². The predicted octanol–water partition coefficient (Wildman–Crippen LogP) is 5.83. The number of carbonyl (C=O) groups excluding carboxylic acids is 1. The molecule has 0 bridgehead atoms. The average molecular weight is 463 g/mol. The van der Waals surface area contributed by atoms with Gasteiger partial charge in [0.15, 0.2) is 17.1 Å². The molecule has 0 radical (unpaired) electrons. The van der Waals surface area contributed by atoms with E-state index in [1.807, 2.05) is 44.4 Å². The summed E-state index contributed by atoms with van der Waals surface area (Å²) >= 11 is 7.41. The molecular formula is C22H24ClFN4O2S. The molecule has 6 nitrogen and oxygen atoms in total. The average Bonchev–Trinajstić information content (AvgIpc) is 3.15. The second-order valence-electron chi connectivity index (χ2n) is 7.32. The molecule has 3 rings (SSSR count). The zero-order chi connectivity index (χ0) is 22.5. The van der Waals surface area contributed by atoms with Crippen LogP contribution in [0.15, 0.2) is 47.6 Å². The van der Waals surface area contributed by atoms with Crippen molar-refractivity contribution in [1.82, 2.24) is 14.8 Å². The number of anilines is 1. The standard InChI is InChI=1S/C22H24ClFN4O2S/c1-13(2)28-21(15(4)30-18-9-6-16(24)7-10-18)26-27-22(28)31-12-20(29)25-17-8-5-14(3)19(23)11-17/h5-11,13,15H,12H2,1-4H3,(H,25,29). The Labute approximate surface area is 190 Å². The maximum Gasteiger partial charge on any atom is 0.234 e. The summed E-state index contributed by atoms with van der Waals surface area (Å²) in [6.45, 7) is 7.78. The largest absolute Gasteiger partial charge is 0.483 e. The summed E-state index contributed by atoms with van der Waals surface area (Å²) in [6, 6.07) is 11.3. The molecule has 1 N–H and O–H groups in total. The Morgan fingerprint density at radius 2 is 1.90 bits per heavy atom. The minimum Gasteiger partial charge on any atom is -0.483 e. The van der Waals surface area contributed by atoms with Gasteiger partial charge in [-0.1, -0.05) is 29.4 Å². The molecule has 3 aromatic rings. The summed E-state index contributed by atoms with van der Waals surface area (Å²) in [5.74, 6) is 0.851. The number of rotatable bonds is 8. The van der Waals surface area contributed by atoms with Crippen LogP contribution in [0.4, 0.5) is 10.1 Å². The highest BCUT2D eigenvalue weighted by molar-refractivity contribution is 7.99. The molecule has 164 valence electrons. The van der Waals surface area contributed by atoms with Crippen molar-refractivity contribution in [3.63, 3.8) is 0 Å². The second kappa shape index (κ2) is 10.2. The molecule has 31 heavy (non-hydrogen) atoms. The molecule has 1 unspecified atom stereocenters. The molecule has 0 saturated heterocycles. The molecule has 1 aromatic heterocycles. The third-order valence-electron chi connectivity index (χ3n) is 4.49.